The lowest BCUT2D eigenvalue weighted by atomic mass is 10.0. The Morgan fingerprint density at radius 1 is 1.09 bits per heavy atom. The Balaban J connectivity index is 1.93. The highest BCUT2D eigenvalue weighted by Crippen LogP contribution is 2.28. The van der Waals surface area contributed by atoms with Gasteiger partial charge in [0.15, 0.2) is 6.10 Å². The molecule has 0 fully saturated rings. The molecule has 0 aliphatic carbocycles. The number of aliphatic carboxylic acids is 1. The molecule has 0 amide bonds. The third-order valence-corrected chi connectivity index (χ3v) is 3.46. The second kappa shape index (κ2) is 5.85. The van der Waals surface area contributed by atoms with Gasteiger partial charge in [-0.05, 0) is 30.7 Å². The van der Waals surface area contributed by atoms with E-state index in [0.717, 1.165) is 22.0 Å². The van der Waals surface area contributed by atoms with Gasteiger partial charge in [0.2, 0.25) is 0 Å². The van der Waals surface area contributed by atoms with E-state index in [9.17, 15) is 4.79 Å². The third-order valence-electron chi connectivity index (χ3n) is 3.46. The smallest absolute Gasteiger partial charge is 0.344 e. The van der Waals surface area contributed by atoms with Gasteiger partial charge in [0.25, 0.3) is 0 Å². The van der Waals surface area contributed by atoms with Crippen LogP contribution in [0.3, 0.4) is 0 Å². The van der Waals surface area contributed by atoms with E-state index in [2.05, 4.69) is 4.98 Å². The molecule has 4 heteroatoms. The minimum Gasteiger partial charge on any atom is -0.479 e. The number of carbonyl (C=O) groups is 1. The zero-order chi connectivity index (χ0) is 15.5. The van der Waals surface area contributed by atoms with Crippen LogP contribution < -0.4 is 4.74 Å². The quantitative estimate of drug-likeness (QED) is 0.795. The van der Waals surface area contributed by atoms with Crippen molar-refractivity contribution in [1.29, 1.82) is 0 Å². The van der Waals surface area contributed by atoms with Crippen LogP contribution in [0.4, 0.5) is 0 Å². The van der Waals surface area contributed by atoms with Gasteiger partial charge in [-0.2, -0.15) is 0 Å². The van der Waals surface area contributed by atoms with Crippen LogP contribution in [0.1, 0.15) is 6.92 Å². The number of carboxylic acids is 1. The number of hydrogen-bond acceptors (Lipinski definition) is 3. The standard InChI is InChI=1S/C18H15NO3/c1-12(18(20)21)22-15-9-7-13(8-10-15)16-6-2-4-14-5-3-11-19-17(14)16/h2-12H,1H3,(H,20,21). The molecule has 0 aliphatic heterocycles. The lowest BCUT2D eigenvalue weighted by molar-refractivity contribution is -0.144. The minimum atomic E-state index is -0.984. The first kappa shape index (κ1) is 14.1. The van der Waals surface area contributed by atoms with Crippen molar-refractivity contribution in [2.24, 2.45) is 0 Å². The zero-order valence-electron chi connectivity index (χ0n) is 12.1. The molecule has 1 atom stereocenters. The summed E-state index contributed by atoms with van der Waals surface area (Å²) in [6.45, 7) is 1.50. The summed E-state index contributed by atoms with van der Waals surface area (Å²) in [5.41, 5.74) is 2.99. The van der Waals surface area contributed by atoms with E-state index in [1.165, 1.54) is 6.92 Å². The predicted molar refractivity (Wildman–Crippen MR) is 84.9 cm³/mol. The zero-order valence-corrected chi connectivity index (χ0v) is 12.1. The molecular formula is C18H15NO3. The van der Waals surface area contributed by atoms with Gasteiger partial charge in [0, 0.05) is 17.1 Å². The maximum Gasteiger partial charge on any atom is 0.344 e. The van der Waals surface area contributed by atoms with Crippen LogP contribution in [-0.4, -0.2) is 22.2 Å². The highest BCUT2D eigenvalue weighted by molar-refractivity contribution is 5.93. The molecule has 1 aromatic heterocycles. The van der Waals surface area contributed by atoms with Gasteiger partial charge in [-0.25, -0.2) is 4.79 Å². The highest BCUT2D eigenvalue weighted by Gasteiger charge is 2.12. The van der Waals surface area contributed by atoms with Crippen molar-refractivity contribution in [1.82, 2.24) is 4.98 Å². The number of nitrogens with zero attached hydrogens (tertiary/aromatic N) is 1. The fourth-order valence-electron chi connectivity index (χ4n) is 2.30. The molecule has 0 saturated carbocycles. The molecule has 0 aliphatic rings. The maximum absolute atomic E-state index is 10.8. The topological polar surface area (TPSA) is 59.4 Å². The van der Waals surface area contributed by atoms with E-state index in [1.54, 1.807) is 18.3 Å². The molecule has 4 nitrogen and oxygen atoms in total. The monoisotopic (exact) mass is 293 g/mol. The molecular weight excluding hydrogens is 278 g/mol. The predicted octanol–water partition coefficient (Wildman–Crippen LogP) is 3.75. The number of benzene rings is 2. The first-order valence-corrected chi connectivity index (χ1v) is 6.99. The van der Waals surface area contributed by atoms with Gasteiger partial charge in [-0.15, -0.1) is 0 Å². The summed E-state index contributed by atoms with van der Waals surface area (Å²) in [6, 6.07) is 17.3. The van der Waals surface area contributed by atoms with Crippen molar-refractivity contribution >= 4 is 16.9 Å². The number of para-hydroxylation sites is 1. The molecule has 3 aromatic rings. The Morgan fingerprint density at radius 2 is 1.82 bits per heavy atom. The second-order valence-corrected chi connectivity index (χ2v) is 5.00. The average Bonchev–Trinajstić information content (AvgIpc) is 2.55. The molecule has 0 radical (unpaired) electrons. The van der Waals surface area contributed by atoms with Gasteiger partial charge in [0.05, 0.1) is 5.52 Å². The molecule has 22 heavy (non-hydrogen) atoms. The number of rotatable bonds is 4. The molecule has 110 valence electrons. The van der Waals surface area contributed by atoms with Crippen LogP contribution in [-0.2, 0) is 4.79 Å². The van der Waals surface area contributed by atoms with E-state index in [1.807, 2.05) is 42.5 Å². The van der Waals surface area contributed by atoms with Crippen LogP contribution in [0.25, 0.3) is 22.0 Å². The largest absolute Gasteiger partial charge is 0.479 e. The fourth-order valence-corrected chi connectivity index (χ4v) is 2.30. The molecule has 0 saturated heterocycles. The molecule has 3 rings (SSSR count). The SMILES string of the molecule is CC(Oc1ccc(-c2cccc3cccnc23)cc1)C(=O)O. The van der Waals surface area contributed by atoms with Crippen LogP contribution >= 0.6 is 0 Å². The maximum atomic E-state index is 10.8. The lowest BCUT2D eigenvalue weighted by Crippen LogP contribution is -2.22. The Kier molecular flexibility index (Phi) is 3.74. The molecule has 0 bridgehead atoms. The van der Waals surface area contributed by atoms with E-state index in [0.29, 0.717) is 5.75 Å². The Hall–Kier alpha value is -2.88. The Labute approximate surface area is 128 Å². The van der Waals surface area contributed by atoms with E-state index in [4.69, 9.17) is 9.84 Å². The average molecular weight is 293 g/mol. The molecule has 1 heterocycles. The van der Waals surface area contributed by atoms with Gasteiger partial charge >= 0.3 is 5.97 Å². The first-order valence-electron chi connectivity index (χ1n) is 6.99. The molecule has 0 spiro atoms. The highest BCUT2D eigenvalue weighted by atomic mass is 16.5. The minimum absolute atomic E-state index is 0.534. The van der Waals surface area contributed by atoms with Crippen LogP contribution in [0.5, 0.6) is 5.75 Å². The molecule has 1 unspecified atom stereocenters. The van der Waals surface area contributed by atoms with Gasteiger partial charge in [-0.3, -0.25) is 4.98 Å². The van der Waals surface area contributed by atoms with E-state index < -0.39 is 12.1 Å². The summed E-state index contributed by atoms with van der Waals surface area (Å²) < 4.78 is 5.34. The lowest BCUT2D eigenvalue weighted by Gasteiger charge is -2.11. The van der Waals surface area contributed by atoms with Crippen molar-refractivity contribution in [3.05, 3.63) is 60.8 Å². The van der Waals surface area contributed by atoms with Crippen molar-refractivity contribution in [3.8, 4) is 16.9 Å². The number of carboxylic acid groups (broad SMARTS) is 1. The number of aromatic nitrogens is 1. The van der Waals surface area contributed by atoms with Crippen LogP contribution in [0.15, 0.2) is 60.8 Å². The number of pyridine rings is 1. The van der Waals surface area contributed by atoms with Crippen molar-refractivity contribution < 1.29 is 14.6 Å². The van der Waals surface area contributed by atoms with E-state index in [-0.39, 0.29) is 0 Å². The number of fused-ring (bicyclic) bond motifs is 1. The number of ether oxygens (including phenoxy) is 1. The number of hydrogen-bond donors (Lipinski definition) is 1. The third kappa shape index (κ3) is 2.76. The second-order valence-electron chi connectivity index (χ2n) is 5.00. The normalized spacial score (nSPS) is 12.0. The van der Waals surface area contributed by atoms with Crippen LogP contribution in [0.2, 0.25) is 0 Å². The van der Waals surface area contributed by atoms with Crippen molar-refractivity contribution in [2.45, 2.75) is 13.0 Å². The summed E-state index contributed by atoms with van der Waals surface area (Å²) in [6.07, 6.45) is 0.905. The van der Waals surface area contributed by atoms with Gasteiger partial charge in [0.1, 0.15) is 5.75 Å². The summed E-state index contributed by atoms with van der Waals surface area (Å²) >= 11 is 0. The van der Waals surface area contributed by atoms with E-state index >= 15 is 0 Å². The summed E-state index contributed by atoms with van der Waals surface area (Å²) in [5, 5.41) is 9.94. The first-order chi connectivity index (χ1) is 10.6. The molecule has 1 N–H and O–H groups in total. The summed E-state index contributed by atoms with van der Waals surface area (Å²) in [4.78, 5) is 15.2. The fraction of sp³-hybridized carbons (Fsp3) is 0.111. The Morgan fingerprint density at radius 3 is 2.55 bits per heavy atom. The van der Waals surface area contributed by atoms with Crippen LogP contribution in [0, 0.1) is 0 Å². The van der Waals surface area contributed by atoms with Gasteiger partial charge < -0.3 is 9.84 Å². The molecule has 2 aromatic carbocycles. The van der Waals surface area contributed by atoms with Gasteiger partial charge in [-0.1, -0.05) is 36.4 Å². The van der Waals surface area contributed by atoms with Crippen molar-refractivity contribution in [2.75, 3.05) is 0 Å². The summed E-state index contributed by atoms with van der Waals surface area (Å²) in [5.74, 6) is -0.450. The Bertz CT molecular complexity index is 807. The van der Waals surface area contributed by atoms with Crippen molar-refractivity contribution in [3.63, 3.8) is 0 Å². The summed E-state index contributed by atoms with van der Waals surface area (Å²) in [7, 11) is 0.